The van der Waals surface area contributed by atoms with Gasteiger partial charge < -0.3 is 10.6 Å². The highest BCUT2D eigenvalue weighted by Crippen LogP contribution is 2.21. The highest BCUT2D eigenvalue weighted by molar-refractivity contribution is 5.92. The van der Waals surface area contributed by atoms with Gasteiger partial charge >= 0.3 is 0 Å². The summed E-state index contributed by atoms with van der Waals surface area (Å²) in [6, 6.07) is 7.50. The Morgan fingerprint density at radius 1 is 0.963 bits per heavy atom. The Balaban J connectivity index is 1.43. The number of piperidine rings is 1. The third kappa shape index (κ3) is 5.53. The number of carbonyl (C=O) groups excluding carboxylic acids is 2. The Bertz CT molecular complexity index is 643. The molecule has 3 rings (SSSR count). The number of hydrogen-bond acceptors (Lipinski definition) is 4. The van der Waals surface area contributed by atoms with Gasteiger partial charge in [-0.1, -0.05) is 26.0 Å². The van der Waals surface area contributed by atoms with Crippen LogP contribution in [0, 0.1) is 11.8 Å². The number of hydrogen-bond donors (Lipinski definition) is 1. The summed E-state index contributed by atoms with van der Waals surface area (Å²) in [4.78, 5) is 30.5. The molecule has 1 aromatic rings. The molecule has 2 aliphatic heterocycles. The largest absolute Gasteiger partial charge is 0.366 e. The van der Waals surface area contributed by atoms with Crippen molar-refractivity contribution in [3.05, 3.63) is 35.4 Å². The van der Waals surface area contributed by atoms with Crippen molar-refractivity contribution in [1.82, 2.24) is 14.7 Å². The molecule has 0 spiro atoms. The van der Waals surface area contributed by atoms with Crippen LogP contribution in [0.2, 0.25) is 0 Å². The molecule has 0 aliphatic carbocycles. The van der Waals surface area contributed by atoms with Gasteiger partial charge in [0, 0.05) is 51.4 Å². The number of rotatable bonds is 5. The second-order valence-electron chi connectivity index (χ2n) is 8.36. The summed E-state index contributed by atoms with van der Waals surface area (Å²) in [6.45, 7) is 11.5. The lowest BCUT2D eigenvalue weighted by molar-refractivity contribution is -0.135. The smallest absolute Gasteiger partial charge is 0.248 e. The molecular formula is C21H32N4O2. The Hall–Kier alpha value is -1.92. The third-order valence-electron chi connectivity index (χ3n) is 5.69. The van der Waals surface area contributed by atoms with E-state index in [1.165, 1.54) is 12.0 Å². The monoisotopic (exact) mass is 372 g/mol. The lowest BCUT2D eigenvalue weighted by Gasteiger charge is -2.38. The predicted molar refractivity (Wildman–Crippen MR) is 106 cm³/mol. The number of nitrogens with two attached hydrogens (primary N) is 1. The van der Waals surface area contributed by atoms with Crippen molar-refractivity contribution in [2.45, 2.75) is 26.8 Å². The van der Waals surface area contributed by atoms with E-state index in [1.54, 1.807) is 12.1 Å². The van der Waals surface area contributed by atoms with E-state index in [2.05, 4.69) is 28.5 Å². The molecule has 2 N–H and O–H groups in total. The number of primary amides is 1. The average Bonchev–Trinajstić information content (AvgIpc) is 2.63. The molecule has 2 atom stereocenters. The van der Waals surface area contributed by atoms with Gasteiger partial charge in [0.1, 0.15) is 0 Å². The van der Waals surface area contributed by atoms with E-state index in [-0.39, 0.29) is 5.91 Å². The van der Waals surface area contributed by atoms with Crippen LogP contribution in [0.4, 0.5) is 0 Å². The topological polar surface area (TPSA) is 69.9 Å². The van der Waals surface area contributed by atoms with Crippen LogP contribution in [-0.2, 0) is 11.3 Å². The first-order chi connectivity index (χ1) is 12.9. The fourth-order valence-electron chi connectivity index (χ4n) is 4.30. The average molecular weight is 373 g/mol. The summed E-state index contributed by atoms with van der Waals surface area (Å²) in [7, 11) is 0. The standard InChI is InChI=1S/C21H32N4O2/c1-16-11-17(2)13-25(12-16)20(26)15-24-9-7-23(8-10-24)14-18-3-5-19(6-4-18)21(22)27/h3-6,16-17H,7-15H2,1-2H3,(H2,22,27). The zero-order valence-corrected chi connectivity index (χ0v) is 16.6. The van der Waals surface area contributed by atoms with E-state index >= 15 is 0 Å². The molecule has 1 aromatic carbocycles. The van der Waals surface area contributed by atoms with Crippen LogP contribution in [0.5, 0.6) is 0 Å². The Morgan fingerprint density at radius 2 is 1.52 bits per heavy atom. The molecule has 2 saturated heterocycles. The quantitative estimate of drug-likeness (QED) is 0.848. The van der Waals surface area contributed by atoms with Crippen LogP contribution in [0.1, 0.15) is 36.2 Å². The number of nitrogens with zero attached hydrogens (tertiary/aromatic N) is 3. The van der Waals surface area contributed by atoms with Crippen LogP contribution in [-0.4, -0.2) is 72.3 Å². The first-order valence-electron chi connectivity index (χ1n) is 10.0. The van der Waals surface area contributed by atoms with Crippen molar-refractivity contribution in [1.29, 1.82) is 0 Å². The summed E-state index contributed by atoms with van der Waals surface area (Å²) in [5.74, 6) is 1.10. The van der Waals surface area contributed by atoms with E-state index in [4.69, 9.17) is 5.73 Å². The van der Waals surface area contributed by atoms with Crippen LogP contribution in [0.3, 0.4) is 0 Å². The van der Waals surface area contributed by atoms with Crippen LogP contribution in [0.25, 0.3) is 0 Å². The molecule has 27 heavy (non-hydrogen) atoms. The molecule has 2 fully saturated rings. The van der Waals surface area contributed by atoms with Crippen molar-refractivity contribution in [2.75, 3.05) is 45.8 Å². The number of likely N-dealkylation sites (tertiary alicyclic amines) is 1. The second kappa shape index (κ2) is 8.85. The Kier molecular flexibility index (Phi) is 6.50. The minimum absolute atomic E-state index is 0.281. The zero-order valence-electron chi connectivity index (χ0n) is 16.6. The summed E-state index contributed by atoms with van der Waals surface area (Å²) in [6.07, 6.45) is 1.23. The van der Waals surface area contributed by atoms with E-state index in [9.17, 15) is 9.59 Å². The SMILES string of the molecule is CC1CC(C)CN(C(=O)CN2CCN(Cc3ccc(C(N)=O)cc3)CC2)C1. The van der Waals surface area contributed by atoms with Gasteiger partial charge in [0.2, 0.25) is 11.8 Å². The first kappa shape index (κ1) is 19.8. The summed E-state index contributed by atoms with van der Waals surface area (Å²) in [5, 5.41) is 0. The highest BCUT2D eigenvalue weighted by atomic mass is 16.2. The van der Waals surface area contributed by atoms with Crippen molar-refractivity contribution in [2.24, 2.45) is 17.6 Å². The first-order valence-corrected chi connectivity index (χ1v) is 10.0. The maximum atomic E-state index is 12.6. The fourth-order valence-corrected chi connectivity index (χ4v) is 4.30. The van der Waals surface area contributed by atoms with Crippen molar-refractivity contribution >= 4 is 11.8 Å². The van der Waals surface area contributed by atoms with Crippen LogP contribution < -0.4 is 5.73 Å². The zero-order chi connectivity index (χ0) is 19.4. The normalized spacial score (nSPS) is 24.7. The number of benzene rings is 1. The lowest BCUT2D eigenvalue weighted by atomic mass is 9.92. The van der Waals surface area contributed by atoms with E-state index in [0.717, 1.165) is 45.8 Å². The molecule has 148 valence electrons. The van der Waals surface area contributed by atoms with Gasteiger partial charge in [-0.05, 0) is 36.0 Å². The van der Waals surface area contributed by atoms with E-state index in [0.29, 0.717) is 23.9 Å². The van der Waals surface area contributed by atoms with Gasteiger partial charge in [-0.25, -0.2) is 0 Å². The predicted octanol–water partition coefficient (Wildman–Crippen LogP) is 1.41. The molecule has 2 amide bonds. The Labute approximate surface area is 162 Å². The molecule has 0 saturated carbocycles. The maximum Gasteiger partial charge on any atom is 0.248 e. The van der Waals surface area contributed by atoms with Gasteiger partial charge in [0.15, 0.2) is 0 Å². The summed E-state index contributed by atoms with van der Waals surface area (Å²) >= 11 is 0. The van der Waals surface area contributed by atoms with Gasteiger partial charge in [0.05, 0.1) is 6.54 Å². The van der Waals surface area contributed by atoms with Crippen molar-refractivity contribution in [3.63, 3.8) is 0 Å². The summed E-state index contributed by atoms with van der Waals surface area (Å²) in [5.41, 5.74) is 7.01. The van der Waals surface area contributed by atoms with Crippen molar-refractivity contribution in [3.8, 4) is 0 Å². The number of piperazine rings is 1. The lowest BCUT2D eigenvalue weighted by Crippen LogP contribution is -2.51. The molecule has 6 heteroatoms. The summed E-state index contributed by atoms with van der Waals surface area (Å²) < 4.78 is 0. The highest BCUT2D eigenvalue weighted by Gasteiger charge is 2.27. The molecule has 0 radical (unpaired) electrons. The fraction of sp³-hybridized carbons (Fsp3) is 0.619. The number of amides is 2. The molecule has 2 unspecified atom stereocenters. The van der Waals surface area contributed by atoms with Crippen LogP contribution >= 0.6 is 0 Å². The third-order valence-corrected chi connectivity index (χ3v) is 5.69. The van der Waals surface area contributed by atoms with Gasteiger partial charge in [-0.3, -0.25) is 19.4 Å². The maximum absolute atomic E-state index is 12.6. The molecule has 0 aromatic heterocycles. The van der Waals surface area contributed by atoms with E-state index in [1.807, 2.05) is 12.1 Å². The van der Waals surface area contributed by atoms with Crippen LogP contribution in [0.15, 0.2) is 24.3 Å². The molecule has 2 aliphatic rings. The number of carbonyl (C=O) groups is 2. The minimum atomic E-state index is -0.391. The van der Waals surface area contributed by atoms with Crippen molar-refractivity contribution < 1.29 is 9.59 Å². The molecular weight excluding hydrogens is 340 g/mol. The molecule has 2 heterocycles. The Morgan fingerprint density at radius 3 is 2.07 bits per heavy atom. The van der Waals surface area contributed by atoms with Gasteiger partial charge in [-0.15, -0.1) is 0 Å². The molecule has 0 bridgehead atoms. The van der Waals surface area contributed by atoms with Gasteiger partial charge in [-0.2, -0.15) is 0 Å². The van der Waals surface area contributed by atoms with Gasteiger partial charge in [0.25, 0.3) is 0 Å². The molecule has 6 nitrogen and oxygen atoms in total. The second-order valence-corrected chi connectivity index (χ2v) is 8.36. The van der Waals surface area contributed by atoms with E-state index < -0.39 is 5.91 Å². The minimum Gasteiger partial charge on any atom is -0.366 e.